The molecule has 0 aliphatic carbocycles. The van der Waals surface area contributed by atoms with Crippen LogP contribution in [0.4, 0.5) is 21.7 Å². The van der Waals surface area contributed by atoms with Gasteiger partial charge in [-0.2, -0.15) is 14.5 Å². The predicted molar refractivity (Wildman–Crippen MR) is 87.1 cm³/mol. The molecule has 0 unspecified atom stereocenters. The van der Waals surface area contributed by atoms with Crippen LogP contribution in [0.2, 0.25) is 5.02 Å². The van der Waals surface area contributed by atoms with E-state index in [0.717, 1.165) is 12.1 Å². The lowest BCUT2D eigenvalue weighted by atomic mass is 10.2. The van der Waals surface area contributed by atoms with Gasteiger partial charge >= 0.3 is 5.69 Å². The molecule has 0 fully saturated rings. The first-order chi connectivity index (χ1) is 12.0. The van der Waals surface area contributed by atoms with E-state index in [2.05, 4.69) is 20.4 Å². The van der Waals surface area contributed by atoms with Gasteiger partial charge < -0.3 is 10.1 Å². The second-order valence-corrected chi connectivity index (χ2v) is 5.11. The average molecular weight is 365 g/mol. The second kappa shape index (κ2) is 6.69. The molecule has 0 saturated heterocycles. The maximum absolute atomic E-state index is 13.7. The quantitative estimate of drug-likeness (QED) is 0.547. The normalized spacial score (nSPS) is 10.5. The Morgan fingerprint density at radius 2 is 2.24 bits per heavy atom. The van der Waals surface area contributed by atoms with Crippen molar-refractivity contribution in [3.8, 4) is 11.6 Å². The van der Waals surface area contributed by atoms with Gasteiger partial charge in [0.15, 0.2) is 5.82 Å². The Kier molecular flexibility index (Phi) is 4.44. The van der Waals surface area contributed by atoms with E-state index in [1.807, 2.05) is 0 Å². The summed E-state index contributed by atoms with van der Waals surface area (Å²) in [5.74, 6) is -0.571. The van der Waals surface area contributed by atoms with Gasteiger partial charge in [0.1, 0.15) is 10.8 Å². The third-order valence-electron chi connectivity index (χ3n) is 3.16. The average Bonchev–Trinajstić information content (AvgIpc) is 3.11. The number of nitro groups is 1. The van der Waals surface area contributed by atoms with Gasteiger partial charge in [-0.05, 0) is 6.07 Å². The van der Waals surface area contributed by atoms with Crippen molar-refractivity contribution in [2.75, 3.05) is 12.4 Å². The number of ether oxygens (including phenoxy) is 1. The molecule has 0 aliphatic rings. The molecule has 0 aliphatic heterocycles. The smallest absolute Gasteiger partial charge is 0.307 e. The van der Waals surface area contributed by atoms with Crippen LogP contribution < -0.4 is 10.1 Å². The highest BCUT2D eigenvalue weighted by molar-refractivity contribution is 6.32. The van der Waals surface area contributed by atoms with E-state index in [1.165, 1.54) is 18.0 Å². The molecular formula is C14H10ClFN6O3. The van der Waals surface area contributed by atoms with Gasteiger partial charge in [0.05, 0.1) is 23.9 Å². The third kappa shape index (κ3) is 3.33. The zero-order valence-electron chi connectivity index (χ0n) is 12.7. The van der Waals surface area contributed by atoms with Crippen molar-refractivity contribution in [3.05, 3.63) is 57.7 Å². The largest absolute Gasteiger partial charge is 0.494 e. The van der Waals surface area contributed by atoms with Crippen LogP contribution in [0.15, 0.2) is 36.8 Å². The highest BCUT2D eigenvalue weighted by Crippen LogP contribution is 2.33. The van der Waals surface area contributed by atoms with Gasteiger partial charge in [-0.15, -0.1) is 0 Å². The summed E-state index contributed by atoms with van der Waals surface area (Å²) in [7, 11) is 1.31. The van der Waals surface area contributed by atoms with Crippen LogP contribution in [0.3, 0.4) is 0 Å². The molecule has 128 valence electrons. The Morgan fingerprint density at radius 3 is 2.88 bits per heavy atom. The number of halogens is 2. The van der Waals surface area contributed by atoms with Gasteiger partial charge in [-0.1, -0.05) is 11.6 Å². The standard InChI is InChI=1S/C14H10ClFN6O3/c1-25-12-5-9(16)11(22(23)24)6-10(12)19-14-17-7-8(15)13(20-14)21-4-2-3-18-21/h2-7H,1H3,(H,17,19,20). The van der Waals surface area contributed by atoms with Gasteiger partial charge in [0.25, 0.3) is 0 Å². The predicted octanol–water partition coefficient (Wildman–Crippen LogP) is 3.12. The monoisotopic (exact) mass is 364 g/mol. The Balaban J connectivity index is 2.01. The highest BCUT2D eigenvalue weighted by atomic mass is 35.5. The molecule has 0 atom stereocenters. The van der Waals surface area contributed by atoms with Crippen molar-refractivity contribution in [1.29, 1.82) is 0 Å². The molecule has 3 aromatic rings. The summed E-state index contributed by atoms with van der Waals surface area (Å²) in [6, 6.07) is 3.60. The van der Waals surface area contributed by atoms with Crippen molar-refractivity contribution in [1.82, 2.24) is 19.7 Å². The summed E-state index contributed by atoms with van der Waals surface area (Å²) in [4.78, 5) is 18.3. The Bertz CT molecular complexity index is 935. The number of rotatable bonds is 5. The first kappa shape index (κ1) is 16.6. The molecule has 0 spiro atoms. The van der Waals surface area contributed by atoms with Crippen LogP contribution in [0, 0.1) is 15.9 Å². The molecule has 2 aromatic heterocycles. The molecule has 0 saturated carbocycles. The summed E-state index contributed by atoms with van der Waals surface area (Å²) in [5.41, 5.74) is -0.575. The van der Waals surface area contributed by atoms with Crippen LogP contribution in [-0.4, -0.2) is 31.8 Å². The summed E-state index contributed by atoms with van der Waals surface area (Å²) < 4.78 is 20.2. The molecule has 1 N–H and O–H groups in total. The molecule has 0 bridgehead atoms. The number of aromatic nitrogens is 4. The first-order valence-corrected chi connectivity index (χ1v) is 7.19. The summed E-state index contributed by atoms with van der Waals surface area (Å²) in [6.07, 6.45) is 4.54. The van der Waals surface area contributed by atoms with Gasteiger partial charge in [-0.3, -0.25) is 10.1 Å². The van der Waals surface area contributed by atoms with Crippen molar-refractivity contribution in [2.24, 2.45) is 0 Å². The number of nitrogens with one attached hydrogen (secondary N) is 1. The lowest BCUT2D eigenvalue weighted by Gasteiger charge is -2.11. The maximum atomic E-state index is 13.7. The number of hydrogen-bond acceptors (Lipinski definition) is 7. The molecular weight excluding hydrogens is 355 g/mol. The molecule has 3 rings (SSSR count). The van der Waals surface area contributed by atoms with E-state index in [1.54, 1.807) is 18.5 Å². The van der Waals surface area contributed by atoms with Crippen LogP contribution >= 0.6 is 11.6 Å². The Labute approximate surface area is 145 Å². The summed E-state index contributed by atoms with van der Waals surface area (Å²) in [5, 5.41) is 18.0. The minimum Gasteiger partial charge on any atom is -0.494 e. The lowest BCUT2D eigenvalue weighted by Crippen LogP contribution is -2.05. The van der Waals surface area contributed by atoms with Crippen molar-refractivity contribution in [2.45, 2.75) is 0 Å². The van der Waals surface area contributed by atoms with Crippen molar-refractivity contribution < 1.29 is 14.1 Å². The highest BCUT2D eigenvalue weighted by Gasteiger charge is 2.20. The minimum atomic E-state index is -1.01. The molecule has 9 nitrogen and oxygen atoms in total. The van der Waals surface area contributed by atoms with E-state index >= 15 is 0 Å². The zero-order valence-corrected chi connectivity index (χ0v) is 13.4. The molecule has 2 heterocycles. The number of nitro benzene ring substituents is 1. The fourth-order valence-electron chi connectivity index (χ4n) is 2.04. The van der Waals surface area contributed by atoms with Gasteiger partial charge in [0.2, 0.25) is 11.8 Å². The number of hydrogen-bond donors (Lipinski definition) is 1. The number of methoxy groups -OCH3 is 1. The fraction of sp³-hybridized carbons (Fsp3) is 0.0714. The molecule has 0 amide bonds. The van der Waals surface area contributed by atoms with E-state index in [9.17, 15) is 14.5 Å². The van der Waals surface area contributed by atoms with E-state index < -0.39 is 16.4 Å². The topological polar surface area (TPSA) is 108 Å². The van der Waals surface area contributed by atoms with E-state index in [0.29, 0.717) is 5.82 Å². The lowest BCUT2D eigenvalue weighted by molar-refractivity contribution is -0.387. The van der Waals surface area contributed by atoms with Crippen LogP contribution in [0.25, 0.3) is 5.82 Å². The summed E-state index contributed by atoms with van der Waals surface area (Å²) >= 11 is 6.06. The number of nitrogens with zero attached hydrogens (tertiary/aromatic N) is 5. The fourth-order valence-corrected chi connectivity index (χ4v) is 2.22. The molecule has 0 radical (unpaired) electrons. The second-order valence-electron chi connectivity index (χ2n) is 4.70. The van der Waals surface area contributed by atoms with Crippen LogP contribution in [0.5, 0.6) is 5.75 Å². The van der Waals surface area contributed by atoms with Gasteiger partial charge in [0, 0.05) is 24.5 Å². The van der Waals surface area contributed by atoms with E-state index in [-0.39, 0.29) is 22.4 Å². The van der Waals surface area contributed by atoms with Crippen molar-refractivity contribution in [3.63, 3.8) is 0 Å². The third-order valence-corrected chi connectivity index (χ3v) is 3.43. The SMILES string of the molecule is COc1cc(F)c([N+](=O)[O-])cc1Nc1ncc(Cl)c(-n2cccn2)n1. The maximum Gasteiger partial charge on any atom is 0.307 e. The van der Waals surface area contributed by atoms with Crippen LogP contribution in [-0.2, 0) is 0 Å². The van der Waals surface area contributed by atoms with Gasteiger partial charge in [-0.25, -0.2) is 9.67 Å². The minimum absolute atomic E-state index is 0.0577. The van der Waals surface area contributed by atoms with Crippen molar-refractivity contribution >= 4 is 28.9 Å². The first-order valence-electron chi connectivity index (χ1n) is 6.81. The number of benzene rings is 1. The summed E-state index contributed by atoms with van der Waals surface area (Å²) in [6.45, 7) is 0. The van der Waals surface area contributed by atoms with Crippen LogP contribution in [0.1, 0.15) is 0 Å². The zero-order chi connectivity index (χ0) is 18.0. The Morgan fingerprint density at radius 1 is 1.44 bits per heavy atom. The molecule has 25 heavy (non-hydrogen) atoms. The van der Waals surface area contributed by atoms with E-state index in [4.69, 9.17) is 16.3 Å². The Hall–Kier alpha value is -3.27. The number of anilines is 2. The molecule has 1 aromatic carbocycles. The molecule has 11 heteroatoms.